The minimum Gasteiger partial charge on any atom is -0.380 e. The molecule has 92 heavy (non-hydrogen) atoms. The van der Waals surface area contributed by atoms with Crippen LogP contribution in [0.15, 0.2) is 128 Å². The van der Waals surface area contributed by atoms with Gasteiger partial charge in [-0.3, -0.25) is 9.59 Å². The van der Waals surface area contributed by atoms with E-state index in [1.54, 1.807) is 21.2 Å². The van der Waals surface area contributed by atoms with Gasteiger partial charge < -0.3 is 49.5 Å². The van der Waals surface area contributed by atoms with E-state index in [2.05, 4.69) is 46.8 Å². The molecule has 4 saturated heterocycles. The van der Waals surface area contributed by atoms with Gasteiger partial charge in [-0.05, 0) is 142 Å². The molecule has 5 aliphatic rings. The van der Waals surface area contributed by atoms with Gasteiger partial charge in [-0.2, -0.15) is 0 Å². The molecule has 4 aromatic heterocycles. The average Bonchev–Trinajstić information content (AvgIpc) is 1.53. The highest BCUT2D eigenvalue weighted by atomic mass is 35.5. The first-order valence-electron chi connectivity index (χ1n) is 31.1. The third kappa shape index (κ3) is 15.5. The Balaban J connectivity index is 0.000000126. The molecule has 5 aromatic carbocycles. The van der Waals surface area contributed by atoms with Crippen LogP contribution in [0.4, 0.5) is 21.5 Å². The smallest absolute Gasteiger partial charge is 0.259 e. The van der Waals surface area contributed by atoms with Gasteiger partial charge in [0.25, 0.3) is 11.8 Å². The molecule has 0 bridgehead atoms. The van der Waals surface area contributed by atoms with Crippen LogP contribution in [0.3, 0.4) is 0 Å². The lowest BCUT2D eigenvalue weighted by atomic mass is 9.88. The van der Waals surface area contributed by atoms with Crippen molar-refractivity contribution in [2.45, 2.75) is 81.4 Å². The molecule has 1 saturated carbocycles. The van der Waals surface area contributed by atoms with E-state index in [4.69, 9.17) is 46.4 Å². The maximum Gasteiger partial charge on any atom is 0.259 e. The van der Waals surface area contributed by atoms with Crippen molar-refractivity contribution in [3.05, 3.63) is 159 Å². The summed E-state index contributed by atoms with van der Waals surface area (Å²) in [4.78, 5) is 47.0. The molecule has 25 heteroatoms. The number of halogens is 5. The summed E-state index contributed by atoms with van der Waals surface area (Å²) in [5.74, 6) is -0.150. The van der Waals surface area contributed by atoms with Crippen LogP contribution in [0.25, 0.3) is 43.6 Å². The van der Waals surface area contributed by atoms with Crippen molar-refractivity contribution in [3.63, 3.8) is 0 Å². The molecule has 0 radical (unpaired) electrons. The minimum atomic E-state index is -3.28. The van der Waals surface area contributed by atoms with Crippen molar-refractivity contribution >= 4 is 139 Å². The van der Waals surface area contributed by atoms with Crippen LogP contribution >= 0.6 is 46.4 Å². The quantitative estimate of drug-likeness (QED) is 0.0827. The number of hydrogen-bond donors (Lipinski definition) is 5. The van der Waals surface area contributed by atoms with E-state index >= 15 is 0 Å². The van der Waals surface area contributed by atoms with Crippen molar-refractivity contribution in [1.29, 1.82) is 0 Å². The Morgan fingerprint density at radius 1 is 0.565 bits per heavy atom. The molecule has 2 amide bonds. The van der Waals surface area contributed by atoms with E-state index < -0.39 is 37.2 Å². The molecular weight excluding hydrogens is 1300 g/mol. The molecule has 490 valence electrons. The predicted molar refractivity (Wildman–Crippen MR) is 371 cm³/mol. The van der Waals surface area contributed by atoms with Gasteiger partial charge in [0.05, 0.1) is 12.0 Å². The Kier molecular flexibility index (Phi) is 20.2. The summed E-state index contributed by atoms with van der Waals surface area (Å²) in [5.41, 5.74) is 6.51. The molecular formula is C67H78Cl4FN11O7S2. The van der Waals surface area contributed by atoms with Gasteiger partial charge in [-0.15, -0.1) is 0 Å². The number of aliphatic hydroxyl groups is 1. The standard InChI is InChI=1S/C20H21ClN2O2S.C16H19ClFN3O.C16H18ClN3O2.C15H20ClN3O2S/c21-17-12-19(18-6-9-22-20(18)13-17)16-7-10-23(11-8-16)26(24,25)14-15-4-2-1-3-5-15;1-16(2,18)15(22)21-7-5-20(6-8-21)14-10-11(17)9-13-12(14)3-4-19-13;17-11-9-13-12(1-4-18-13)14(10-11)19-5-7-20(8-6-19)15(21)16(22)2-3-16;1-18(22(2,20)21)12-4-7-19(8-5-12)15-10-11(16)9-14-13(15)3-6-17-14/h1-6,9,12-13,16,22H,7-8,10-11,14H2;3-4,9-10,19H,5-8H2,1-2H3;1,4,9-10,18,22H,2-3,5-8H2;3,6,9-10,12,17H,4-5,7-8H2,1-2H3. The van der Waals surface area contributed by atoms with Gasteiger partial charge in [0.15, 0.2) is 5.67 Å². The summed E-state index contributed by atoms with van der Waals surface area (Å²) in [6.07, 6.45) is 13.4. The number of anilines is 3. The van der Waals surface area contributed by atoms with Crippen molar-refractivity contribution in [2.24, 2.45) is 0 Å². The lowest BCUT2D eigenvalue weighted by molar-refractivity contribution is -0.143. The van der Waals surface area contributed by atoms with Crippen LogP contribution in [0.5, 0.6) is 0 Å². The monoisotopic (exact) mass is 1370 g/mol. The van der Waals surface area contributed by atoms with Crippen molar-refractivity contribution in [3.8, 4) is 0 Å². The number of H-pyrrole nitrogens is 4. The molecule has 14 rings (SSSR count). The fourth-order valence-corrected chi connectivity index (χ4v) is 16.2. The number of hydrogen-bond acceptors (Lipinski definition) is 10. The third-order valence-corrected chi connectivity index (χ3v) is 22.3. The Bertz CT molecular complexity index is 4200. The normalized spacial score (nSPS) is 17.8. The zero-order chi connectivity index (χ0) is 65.3. The largest absolute Gasteiger partial charge is 0.380 e. The van der Waals surface area contributed by atoms with Crippen LogP contribution in [0.2, 0.25) is 20.1 Å². The number of nitrogens with one attached hydrogen (secondary N) is 4. The highest BCUT2D eigenvalue weighted by Crippen LogP contribution is 2.40. The average molecular weight is 1370 g/mol. The zero-order valence-corrected chi connectivity index (χ0v) is 56.6. The molecule has 9 aromatic rings. The highest BCUT2D eigenvalue weighted by molar-refractivity contribution is 7.88. The second-order valence-electron chi connectivity index (χ2n) is 25.0. The molecule has 5 fully saturated rings. The van der Waals surface area contributed by atoms with Crippen LogP contribution in [-0.4, -0.2) is 181 Å². The number of piperazine rings is 2. The van der Waals surface area contributed by atoms with Crippen molar-refractivity contribution in [1.82, 2.24) is 38.3 Å². The number of rotatable bonds is 11. The van der Waals surface area contributed by atoms with Crippen molar-refractivity contribution < 1.29 is 35.9 Å². The lowest BCUT2D eigenvalue weighted by Gasteiger charge is -2.38. The summed E-state index contributed by atoms with van der Waals surface area (Å²) < 4.78 is 65.7. The van der Waals surface area contributed by atoms with Gasteiger partial charge in [-0.25, -0.2) is 29.8 Å². The Morgan fingerprint density at radius 2 is 0.967 bits per heavy atom. The number of sulfonamides is 2. The number of benzene rings is 5. The van der Waals surface area contributed by atoms with Crippen LogP contribution in [0.1, 0.15) is 69.4 Å². The second kappa shape index (κ2) is 27.8. The van der Waals surface area contributed by atoms with Gasteiger partial charge in [-0.1, -0.05) is 76.7 Å². The lowest BCUT2D eigenvalue weighted by Crippen LogP contribution is -2.53. The molecule has 5 N–H and O–H groups in total. The summed E-state index contributed by atoms with van der Waals surface area (Å²) in [7, 11) is -4.74. The zero-order valence-electron chi connectivity index (χ0n) is 51.9. The topological polar surface area (TPSA) is 208 Å². The van der Waals surface area contributed by atoms with Crippen LogP contribution < -0.4 is 14.7 Å². The number of nitrogens with zero attached hydrogens (tertiary/aromatic N) is 7. The number of carbonyl (C=O) groups excluding carboxylic acids is 2. The van der Waals surface area contributed by atoms with E-state index in [0.717, 1.165) is 113 Å². The maximum atomic E-state index is 13.8. The number of fused-ring (bicyclic) bond motifs is 4. The Morgan fingerprint density at radius 3 is 1.39 bits per heavy atom. The summed E-state index contributed by atoms with van der Waals surface area (Å²) in [6.45, 7) is 10.5. The first kappa shape index (κ1) is 66.9. The number of aromatic nitrogens is 4. The van der Waals surface area contributed by atoms with E-state index in [1.807, 2.05) is 116 Å². The number of carbonyl (C=O) groups is 2. The molecule has 0 atom stereocenters. The van der Waals surface area contributed by atoms with Gasteiger partial charge in [0.1, 0.15) is 5.60 Å². The summed E-state index contributed by atoms with van der Waals surface area (Å²) in [6, 6.07) is 33.2. The number of alkyl halides is 1. The van der Waals surface area contributed by atoms with E-state index in [1.165, 1.54) is 35.4 Å². The highest BCUT2D eigenvalue weighted by Gasteiger charge is 2.50. The minimum absolute atomic E-state index is 0.0672. The predicted octanol–water partition coefficient (Wildman–Crippen LogP) is 12.4. The first-order valence-corrected chi connectivity index (χ1v) is 36.0. The Labute approximate surface area is 556 Å². The molecule has 4 aliphatic heterocycles. The molecule has 0 unspecified atom stereocenters. The molecule has 18 nitrogen and oxygen atoms in total. The van der Waals surface area contributed by atoms with Crippen LogP contribution in [-0.2, 0) is 35.4 Å². The van der Waals surface area contributed by atoms with Gasteiger partial charge >= 0.3 is 0 Å². The second-order valence-corrected chi connectivity index (χ2v) is 30.8. The molecule has 0 spiro atoms. The maximum absolute atomic E-state index is 13.8. The SMILES string of the molecule is CC(C)(F)C(=O)N1CCN(c2cc(Cl)cc3[nH]ccc23)CC1.CN(C1CCN(c2cc(Cl)cc3[nH]ccc23)CC1)S(C)(=O)=O.O=C(N1CCN(c2cc(Cl)cc3[nH]ccc23)CC1)C1(O)CC1.O=S(=O)(Cc1ccccc1)N1CCC(c2cc(Cl)cc3[nH]ccc23)CC1. The van der Waals surface area contributed by atoms with Crippen molar-refractivity contribution in [2.75, 3.05) is 107 Å². The van der Waals surface area contributed by atoms with E-state index in [0.29, 0.717) is 91.2 Å². The summed E-state index contributed by atoms with van der Waals surface area (Å²) >= 11 is 24.9. The summed E-state index contributed by atoms with van der Waals surface area (Å²) in [5, 5.41) is 17.3. The first-order chi connectivity index (χ1) is 43.8. The number of amides is 2. The fourth-order valence-electron chi connectivity index (χ4n) is 13.0. The number of aromatic amines is 4. The van der Waals surface area contributed by atoms with E-state index in [9.17, 15) is 35.9 Å². The van der Waals surface area contributed by atoms with E-state index in [-0.39, 0.29) is 17.7 Å². The van der Waals surface area contributed by atoms with Gasteiger partial charge in [0, 0.05) is 197 Å². The third-order valence-electron chi connectivity index (χ3n) is 18.3. The Hall–Kier alpha value is -6.53. The van der Waals surface area contributed by atoms with Crippen LogP contribution in [0, 0.1) is 0 Å². The molecule has 1 aliphatic carbocycles. The molecule has 8 heterocycles. The fraction of sp³-hybridized carbons (Fsp3) is 0.403. The number of piperidine rings is 2. The van der Waals surface area contributed by atoms with Gasteiger partial charge in [0.2, 0.25) is 20.0 Å².